The van der Waals surface area contributed by atoms with Crippen LogP contribution in [0.3, 0.4) is 0 Å². The number of carbonyl (C=O) groups excluding carboxylic acids is 1. The van der Waals surface area contributed by atoms with Crippen molar-refractivity contribution >= 4 is 6.09 Å². The number of rotatable bonds is 4. The summed E-state index contributed by atoms with van der Waals surface area (Å²) in [6, 6.07) is 0.443. The quantitative estimate of drug-likeness (QED) is 0.850. The fourth-order valence-corrected chi connectivity index (χ4v) is 2.78. The molecule has 0 saturated carbocycles. The van der Waals surface area contributed by atoms with Crippen LogP contribution in [0.2, 0.25) is 0 Å². The lowest BCUT2D eigenvalue weighted by molar-refractivity contribution is 0.00505. The molecule has 1 amide bonds. The van der Waals surface area contributed by atoms with Gasteiger partial charge in [-0.25, -0.2) is 4.79 Å². The Morgan fingerprint density at radius 3 is 2.55 bits per heavy atom. The van der Waals surface area contributed by atoms with Crippen molar-refractivity contribution in [3.05, 3.63) is 0 Å². The van der Waals surface area contributed by atoms with Crippen LogP contribution in [-0.2, 0) is 4.74 Å². The van der Waals surface area contributed by atoms with Crippen LogP contribution in [0.25, 0.3) is 0 Å². The molecular formula is C15H29N3O2. The van der Waals surface area contributed by atoms with Gasteiger partial charge in [-0.15, -0.1) is 0 Å². The lowest BCUT2D eigenvalue weighted by Gasteiger charge is -2.40. The van der Waals surface area contributed by atoms with Gasteiger partial charge in [0.2, 0.25) is 0 Å². The Morgan fingerprint density at radius 2 is 2.00 bits per heavy atom. The van der Waals surface area contributed by atoms with Gasteiger partial charge in [-0.2, -0.15) is 0 Å². The van der Waals surface area contributed by atoms with E-state index >= 15 is 0 Å². The van der Waals surface area contributed by atoms with Crippen molar-refractivity contribution in [2.75, 3.05) is 39.3 Å². The van der Waals surface area contributed by atoms with Crippen LogP contribution in [0.1, 0.15) is 34.1 Å². The highest BCUT2D eigenvalue weighted by Crippen LogP contribution is 2.17. The van der Waals surface area contributed by atoms with Gasteiger partial charge in [-0.1, -0.05) is 6.92 Å². The Kier molecular flexibility index (Phi) is 4.91. The molecule has 0 bridgehead atoms. The van der Waals surface area contributed by atoms with E-state index in [0.717, 1.165) is 32.1 Å². The van der Waals surface area contributed by atoms with Crippen LogP contribution < -0.4 is 5.32 Å². The zero-order chi connectivity index (χ0) is 14.8. The molecule has 0 aromatic heterocycles. The first-order valence-corrected chi connectivity index (χ1v) is 7.81. The summed E-state index contributed by atoms with van der Waals surface area (Å²) < 4.78 is 5.35. The van der Waals surface area contributed by atoms with Crippen molar-refractivity contribution < 1.29 is 9.53 Å². The molecule has 5 heteroatoms. The molecular weight excluding hydrogens is 254 g/mol. The van der Waals surface area contributed by atoms with E-state index in [-0.39, 0.29) is 6.09 Å². The zero-order valence-corrected chi connectivity index (χ0v) is 13.3. The van der Waals surface area contributed by atoms with E-state index < -0.39 is 5.60 Å². The van der Waals surface area contributed by atoms with Gasteiger partial charge in [0.05, 0.1) is 0 Å². The van der Waals surface area contributed by atoms with Gasteiger partial charge in [-0.3, -0.25) is 0 Å². The van der Waals surface area contributed by atoms with Gasteiger partial charge in [0.1, 0.15) is 5.60 Å². The zero-order valence-electron chi connectivity index (χ0n) is 13.3. The minimum absolute atomic E-state index is 0.187. The van der Waals surface area contributed by atoms with Crippen LogP contribution in [0, 0.1) is 5.92 Å². The second-order valence-corrected chi connectivity index (χ2v) is 7.04. The number of hydrogen-bond acceptors (Lipinski definition) is 4. The monoisotopic (exact) mass is 283 g/mol. The molecule has 0 spiro atoms. The van der Waals surface area contributed by atoms with E-state index in [0.29, 0.717) is 6.04 Å². The Labute approximate surface area is 122 Å². The lowest BCUT2D eigenvalue weighted by atomic mass is 10.1. The van der Waals surface area contributed by atoms with Crippen LogP contribution in [0.15, 0.2) is 0 Å². The highest BCUT2D eigenvalue weighted by Gasteiger charge is 2.34. The van der Waals surface area contributed by atoms with E-state index in [4.69, 9.17) is 4.74 Å². The van der Waals surface area contributed by atoms with Crippen molar-refractivity contribution in [2.24, 2.45) is 5.92 Å². The first-order valence-electron chi connectivity index (χ1n) is 7.81. The van der Waals surface area contributed by atoms with Gasteiger partial charge in [-0.05, 0) is 52.7 Å². The third-order valence-electron chi connectivity index (χ3n) is 4.05. The first-order chi connectivity index (χ1) is 9.37. The van der Waals surface area contributed by atoms with Crippen LogP contribution >= 0.6 is 0 Å². The molecule has 0 radical (unpaired) electrons. The Hall–Kier alpha value is -0.810. The SMILES string of the molecule is CCN1CCC(CNC2CN(C(=O)OC(C)(C)C)C2)C1. The second-order valence-electron chi connectivity index (χ2n) is 7.04. The summed E-state index contributed by atoms with van der Waals surface area (Å²) in [5, 5.41) is 3.58. The van der Waals surface area contributed by atoms with Gasteiger partial charge in [0.25, 0.3) is 0 Å². The number of ether oxygens (including phenoxy) is 1. The maximum Gasteiger partial charge on any atom is 0.410 e. The summed E-state index contributed by atoms with van der Waals surface area (Å²) in [7, 11) is 0. The van der Waals surface area contributed by atoms with Gasteiger partial charge in [0, 0.05) is 25.7 Å². The molecule has 0 aromatic rings. The minimum Gasteiger partial charge on any atom is -0.444 e. The highest BCUT2D eigenvalue weighted by molar-refractivity contribution is 5.69. The minimum atomic E-state index is -0.400. The Bertz CT molecular complexity index is 335. The first kappa shape index (κ1) is 15.6. The van der Waals surface area contributed by atoms with E-state index in [1.54, 1.807) is 4.90 Å². The normalized spacial score (nSPS) is 24.8. The predicted molar refractivity (Wildman–Crippen MR) is 79.8 cm³/mol. The average molecular weight is 283 g/mol. The molecule has 5 nitrogen and oxygen atoms in total. The van der Waals surface area contributed by atoms with Gasteiger partial charge >= 0.3 is 6.09 Å². The number of hydrogen-bond donors (Lipinski definition) is 1. The molecule has 1 N–H and O–H groups in total. The summed E-state index contributed by atoms with van der Waals surface area (Å²) >= 11 is 0. The van der Waals surface area contributed by atoms with Crippen molar-refractivity contribution in [3.63, 3.8) is 0 Å². The van der Waals surface area contributed by atoms with Crippen LogP contribution in [0.5, 0.6) is 0 Å². The topological polar surface area (TPSA) is 44.8 Å². The Balaban J connectivity index is 1.59. The molecule has 20 heavy (non-hydrogen) atoms. The number of carbonyl (C=O) groups is 1. The van der Waals surface area contributed by atoms with Gasteiger partial charge in [0.15, 0.2) is 0 Å². The summed E-state index contributed by atoms with van der Waals surface area (Å²) in [6.45, 7) is 14.2. The summed E-state index contributed by atoms with van der Waals surface area (Å²) in [5.41, 5.74) is -0.400. The van der Waals surface area contributed by atoms with Crippen LogP contribution in [-0.4, -0.2) is 66.8 Å². The molecule has 2 fully saturated rings. The fourth-order valence-electron chi connectivity index (χ4n) is 2.78. The van der Waals surface area contributed by atoms with Gasteiger partial charge < -0.3 is 19.9 Å². The number of nitrogens with one attached hydrogen (secondary N) is 1. The maximum atomic E-state index is 11.8. The smallest absolute Gasteiger partial charge is 0.410 e. The Morgan fingerprint density at radius 1 is 1.30 bits per heavy atom. The third kappa shape index (κ3) is 4.35. The number of nitrogens with zero attached hydrogens (tertiary/aromatic N) is 2. The number of amides is 1. The third-order valence-corrected chi connectivity index (χ3v) is 4.05. The maximum absolute atomic E-state index is 11.8. The van der Waals surface area contributed by atoms with Crippen molar-refractivity contribution in [1.29, 1.82) is 0 Å². The van der Waals surface area contributed by atoms with E-state index in [1.807, 2.05) is 20.8 Å². The molecule has 2 aliphatic rings. The highest BCUT2D eigenvalue weighted by atomic mass is 16.6. The lowest BCUT2D eigenvalue weighted by Crippen LogP contribution is -2.61. The van der Waals surface area contributed by atoms with E-state index in [2.05, 4.69) is 17.1 Å². The molecule has 116 valence electrons. The molecule has 2 saturated heterocycles. The summed E-state index contributed by atoms with van der Waals surface area (Å²) in [5.74, 6) is 0.769. The average Bonchev–Trinajstić information content (AvgIpc) is 2.72. The summed E-state index contributed by atoms with van der Waals surface area (Å²) in [6.07, 6.45) is 1.11. The van der Waals surface area contributed by atoms with Crippen molar-refractivity contribution in [2.45, 2.75) is 45.8 Å². The number of likely N-dealkylation sites (tertiary alicyclic amines) is 2. The molecule has 2 rings (SSSR count). The molecule has 1 unspecified atom stereocenters. The fraction of sp³-hybridized carbons (Fsp3) is 0.933. The molecule has 1 atom stereocenters. The molecule has 2 aliphatic heterocycles. The second kappa shape index (κ2) is 6.31. The van der Waals surface area contributed by atoms with Crippen LogP contribution in [0.4, 0.5) is 4.79 Å². The van der Waals surface area contributed by atoms with Crippen molar-refractivity contribution in [1.82, 2.24) is 15.1 Å². The largest absolute Gasteiger partial charge is 0.444 e. The molecule has 0 aliphatic carbocycles. The van der Waals surface area contributed by atoms with E-state index in [1.165, 1.54) is 19.5 Å². The molecule has 0 aromatic carbocycles. The summed E-state index contributed by atoms with van der Waals surface area (Å²) in [4.78, 5) is 16.1. The standard InChI is InChI=1S/C15H29N3O2/c1-5-17-7-6-12(9-17)8-16-13-10-18(11-13)14(19)20-15(2,3)4/h12-13,16H,5-11H2,1-4H3. The predicted octanol–water partition coefficient (Wildman–Crippen LogP) is 1.54. The molecule has 2 heterocycles. The van der Waals surface area contributed by atoms with E-state index in [9.17, 15) is 4.79 Å². The van der Waals surface area contributed by atoms with Crippen molar-refractivity contribution in [3.8, 4) is 0 Å².